The van der Waals surface area contributed by atoms with E-state index in [1.54, 1.807) is 0 Å². The molecule has 0 saturated heterocycles. The Morgan fingerprint density at radius 2 is 2.06 bits per heavy atom. The summed E-state index contributed by atoms with van der Waals surface area (Å²) in [5, 5.41) is 1.29. The molecule has 0 aliphatic heterocycles. The highest BCUT2D eigenvalue weighted by Crippen LogP contribution is 2.36. The van der Waals surface area contributed by atoms with Crippen LogP contribution >= 0.6 is 22.9 Å². The Morgan fingerprint density at radius 1 is 1.29 bits per heavy atom. The molecular formula is C13H11ClF2S. The molecule has 0 spiro atoms. The number of halogens is 3. The smallest absolute Gasteiger partial charge is 0.128 e. The summed E-state index contributed by atoms with van der Waals surface area (Å²) in [6.45, 7) is 2.01. The summed E-state index contributed by atoms with van der Waals surface area (Å²) in [6.07, 6.45) is 0.832. The number of benzene rings is 1. The van der Waals surface area contributed by atoms with Gasteiger partial charge in [0.05, 0.1) is 5.38 Å². The molecular weight excluding hydrogens is 262 g/mol. The molecule has 0 fully saturated rings. The molecule has 1 unspecified atom stereocenters. The van der Waals surface area contributed by atoms with Gasteiger partial charge in [-0.25, -0.2) is 8.78 Å². The molecule has 0 amide bonds. The third kappa shape index (κ3) is 2.50. The zero-order valence-electron chi connectivity index (χ0n) is 9.21. The van der Waals surface area contributed by atoms with E-state index in [9.17, 15) is 8.78 Å². The fraction of sp³-hybridized carbons (Fsp3) is 0.231. The lowest BCUT2D eigenvalue weighted by atomic mass is 10.1. The lowest BCUT2D eigenvalue weighted by Crippen LogP contribution is -1.98. The average molecular weight is 273 g/mol. The Kier molecular flexibility index (Phi) is 3.79. The molecule has 1 aromatic heterocycles. The molecule has 90 valence electrons. The van der Waals surface area contributed by atoms with Crippen molar-refractivity contribution in [1.82, 2.24) is 0 Å². The molecule has 1 atom stereocenters. The summed E-state index contributed by atoms with van der Waals surface area (Å²) in [5.74, 6) is -0.941. The Balaban J connectivity index is 2.43. The second-order valence-corrected chi connectivity index (χ2v) is 5.08. The third-order valence-electron chi connectivity index (χ3n) is 2.62. The SMILES string of the molecule is CCc1ccsc1C(Cl)c1cc(F)ccc1F. The number of thiophene rings is 1. The van der Waals surface area contributed by atoms with Gasteiger partial charge in [0, 0.05) is 10.4 Å². The van der Waals surface area contributed by atoms with E-state index in [0.717, 1.165) is 35.1 Å². The fourth-order valence-electron chi connectivity index (χ4n) is 1.71. The van der Waals surface area contributed by atoms with E-state index in [2.05, 4.69) is 0 Å². The minimum Gasteiger partial charge on any atom is -0.207 e. The molecule has 0 aliphatic rings. The zero-order valence-corrected chi connectivity index (χ0v) is 10.8. The number of aryl methyl sites for hydroxylation is 1. The van der Waals surface area contributed by atoms with Gasteiger partial charge in [-0.15, -0.1) is 22.9 Å². The van der Waals surface area contributed by atoms with Gasteiger partial charge >= 0.3 is 0 Å². The van der Waals surface area contributed by atoms with Gasteiger partial charge in [-0.05, 0) is 41.6 Å². The molecule has 4 heteroatoms. The molecule has 0 bridgehead atoms. The minimum absolute atomic E-state index is 0.198. The van der Waals surface area contributed by atoms with Crippen LogP contribution in [0.15, 0.2) is 29.6 Å². The van der Waals surface area contributed by atoms with Crippen LogP contribution in [-0.4, -0.2) is 0 Å². The van der Waals surface area contributed by atoms with Crippen LogP contribution in [0.4, 0.5) is 8.78 Å². The Hall–Kier alpha value is -0.930. The van der Waals surface area contributed by atoms with Gasteiger partial charge in [-0.3, -0.25) is 0 Å². The van der Waals surface area contributed by atoms with Crippen molar-refractivity contribution in [3.8, 4) is 0 Å². The van der Waals surface area contributed by atoms with E-state index in [1.807, 2.05) is 18.4 Å². The molecule has 0 aliphatic carbocycles. The Bertz CT molecular complexity index is 522. The molecule has 2 aromatic rings. The zero-order chi connectivity index (χ0) is 12.4. The van der Waals surface area contributed by atoms with Crippen molar-refractivity contribution in [2.45, 2.75) is 18.7 Å². The number of rotatable bonds is 3. The van der Waals surface area contributed by atoms with Gasteiger partial charge in [-0.1, -0.05) is 6.92 Å². The number of hydrogen-bond donors (Lipinski definition) is 0. The highest BCUT2D eigenvalue weighted by molar-refractivity contribution is 7.10. The van der Waals surface area contributed by atoms with Gasteiger partial charge in [0.15, 0.2) is 0 Å². The van der Waals surface area contributed by atoms with Crippen molar-refractivity contribution in [1.29, 1.82) is 0 Å². The third-order valence-corrected chi connectivity index (χ3v) is 4.23. The number of alkyl halides is 1. The lowest BCUT2D eigenvalue weighted by molar-refractivity contribution is 0.587. The van der Waals surface area contributed by atoms with Crippen LogP contribution in [0.3, 0.4) is 0 Å². The van der Waals surface area contributed by atoms with Crippen LogP contribution in [0.5, 0.6) is 0 Å². The van der Waals surface area contributed by atoms with Gasteiger partial charge < -0.3 is 0 Å². The molecule has 1 aromatic carbocycles. The summed E-state index contributed by atoms with van der Waals surface area (Å²) >= 11 is 7.71. The molecule has 0 N–H and O–H groups in total. The van der Waals surface area contributed by atoms with Crippen LogP contribution in [0.25, 0.3) is 0 Å². The van der Waals surface area contributed by atoms with Crippen molar-refractivity contribution in [3.05, 3.63) is 57.3 Å². The van der Waals surface area contributed by atoms with Gasteiger partial charge in [0.2, 0.25) is 0 Å². The summed E-state index contributed by atoms with van der Waals surface area (Å²) in [7, 11) is 0. The van der Waals surface area contributed by atoms with Crippen LogP contribution in [0, 0.1) is 11.6 Å². The van der Waals surface area contributed by atoms with Crippen molar-refractivity contribution >= 4 is 22.9 Å². The van der Waals surface area contributed by atoms with Crippen LogP contribution in [-0.2, 0) is 6.42 Å². The standard InChI is InChI=1S/C13H11ClF2S/c1-2-8-5-6-17-13(8)12(14)10-7-9(15)3-4-11(10)16/h3-7,12H,2H2,1H3. The van der Waals surface area contributed by atoms with Crippen molar-refractivity contribution in [3.63, 3.8) is 0 Å². The normalized spacial score (nSPS) is 12.7. The summed E-state index contributed by atoms with van der Waals surface area (Å²) in [6, 6.07) is 5.33. The first-order valence-electron chi connectivity index (χ1n) is 5.28. The largest absolute Gasteiger partial charge is 0.207 e. The maximum Gasteiger partial charge on any atom is 0.128 e. The first kappa shape index (κ1) is 12.5. The quantitative estimate of drug-likeness (QED) is 0.696. The van der Waals surface area contributed by atoms with Crippen molar-refractivity contribution < 1.29 is 8.78 Å². The summed E-state index contributed by atoms with van der Waals surface area (Å²) in [5.41, 5.74) is 1.28. The van der Waals surface area contributed by atoms with Gasteiger partial charge in [-0.2, -0.15) is 0 Å². The predicted octanol–water partition coefficient (Wildman–Crippen LogP) is 4.92. The highest BCUT2D eigenvalue weighted by atomic mass is 35.5. The summed E-state index contributed by atoms with van der Waals surface area (Å²) in [4.78, 5) is 0.888. The van der Waals surface area contributed by atoms with E-state index in [0.29, 0.717) is 0 Å². The van der Waals surface area contributed by atoms with Crippen LogP contribution in [0.1, 0.15) is 28.3 Å². The second kappa shape index (κ2) is 5.15. The fourth-order valence-corrected chi connectivity index (χ4v) is 3.16. The van der Waals surface area contributed by atoms with E-state index in [-0.39, 0.29) is 5.56 Å². The minimum atomic E-state index is -0.624. The van der Waals surface area contributed by atoms with E-state index in [4.69, 9.17) is 11.6 Å². The molecule has 0 radical (unpaired) electrons. The van der Waals surface area contributed by atoms with Gasteiger partial charge in [0.25, 0.3) is 0 Å². The number of hydrogen-bond acceptors (Lipinski definition) is 1. The van der Waals surface area contributed by atoms with Crippen molar-refractivity contribution in [2.75, 3.05) is 0 Å². The topological polar surface area (TPSA) is 0 Å². The molecule has 17 heavy (non-hydrogen) atoms. The van der Waals surface area contributed by atoms with E-state index in [1.165, 1.54) is 11.3 Å². The lowest BCUT2D eigenvalue weighted by Gasteiger charge is -2.11. The van der Waals surface area contributed by atoms with Gasteiger partial charge in [0.1, 0.15) is 11.6 Å². The maximum absolute atomic E-state index is 13.6. The average Bonchev–Trinajstić information content (AvgIpc) is 2.79. The highest BCUT2D eigenvalue weighted by Gasteiger charge is 2.19. The van der Waals surface area contributed by atoms with Crippen LogP contribution in [0.2, 0.25) is 0 Å². The molecule has 0 nitrogen and oxygen atoms in total. The Labute approximate surface area is 108 Å². The van der Waals surface area contributed by atoms with Crippen molar-refractivity contribution in [2.24, 2.45) is 0 Å². The van der Waals surface area contributed by atoms with E-state index >= 15 is 0 Å². The first-order chi connectivity index (χ1) is 8.13. The predicted molar refractivity (Wildman–Crippen MR) is 67.8 cm³/mol. The molecule has 0 saturated carbocycles. The molecule has 2 rings (SSSR count). The monoisotopic (exact) mass is 272 g/mol. The maximum atomic E-state index is 13.6. The molecule has 1 heterocycles. The van der Waals surface area contributed by atoms with Crippen LogP contribution < -0.4 is 0 Å². The second-order valence-electron chi connectivity index (χ2n) is 3.69. The van der Waals surface area contributed by atoms with E-state index < -0.39 is 17.0 Å². The first-order valence-corrected chi connectivity index (χ1v) is 6.60. The Morgan fingerprint density at radius 3 is 2.76 bits per heavy atom. The summed E-state index contributed by atoms with van der Waals surface area (Å²) < 4.78 is 26.7.